The maximum atomic E-state index is 5.74. The van der Waals surface area contributed by atoms with Crippen molar-refractivity contribution in [3.63, 3.8) is 0 Å². The average Bonchev–Trinajstić information content (AvgIpc) is 3.36. The summed E-state index contributed by atoms with van der Waals surface area (Å²) in [4.78, 5) is 14.0. The lowest BCUT2D eigenvalue weighted by Gasteiger charge is -2.27. The van der Waals surface area contributed by atoms with Gasteiger partial charge in [-0.2, -0.15) is 0 Å². The van der Waals surface area contributed by atoms with Crippen LogP contribution in [0.4, 0.5) is 11.4 Å². The molecule has 2 atom stereocenters. The molecule has 2 aliphatic heterocycles. The fourth-order valence-electron chi connectivity index (χ4n) is 10.4. The van der Waals surface area contributed by atoms with E-state index in [-0.39, 0.29) is 0 Å². The van der Waals surface area contributed by atoms with Gasteiger partial charge in [-0.05, 0) is 105 Å². The normalized spacial score (nSPS) is 14.2. The van der Waals surface area contributed by atoms with E-state index in [0.717, 1.165) is 58.0 Å². The predicted octanol–water partition coefficient (Wildman–Crippen LogP) is 19.6. The van der Waals surface area contributed by atoms with Crippen LogP contribution in [0.5, 0.6) is 0 Å². The number of fused-ring (bicyclic) bond motifs is 2. The molecule has 2 aliphatic rings. The first-order chi connectivity index (χ1) is 33.2. The number of hydrogen-bond acceptors (Lipinski definition) is 4. The molecular formula is C64H66N2S2. The third kappa shape index (κ3) is 10.0. The van der Waals surface area contributed by atoms with Crippen molar-refractivity contribution in [1.82, 2.24) is 0 Å². The highest BCUT2D eigenvalue weighted by atomic mass is 32.2. The molecule has 2 unspecified atom stereocenters. The van der Waals surface area contributed by atoms with Crippen LogP contribution in [-0.4, -0.2) is 10.1 Å². The van der Waals surface area contributed by atoms with Crippen LogP contribution in [0.2, 0.25) is 0 Å². The third-order valence-electron chi connectivity index (χ3n) is 14.5. The van der Waals surface area contributed by atoms with Gasteiger partial charge < -0.3 is 0 Å². The van der Waals surface area contributed by atoms with Gasteiger partial charge in [-0.15, -0.1) is 0 Å². The van der Waals surface area contributed by atoms with Crippen molar-refractivity contribution in [3.05, 3.63) is 168 Å². The minimum absolute atomic E-state index is 0.731. The smallest absolute Gasteiger partial charge is 0.109 e. The summed E-state index contributed by atoms with van der Waals surface area (Å²) in [5.74, 6) is 3.02. The molecule has 2 heterocycles. The van der Waals surface area contributed by atoms with E-state index in [9.17, 15) is 0 Å². The van der Waals surface area contributed by atoms with Crippen LogP contribution in [0.15, 0.2) is 165 Å². The Kier molecular flexibility index (Phi) is 14.1. The average molecular weight is 927 g/mol. The molecule has 0 bridgehead atoms. The zero-order valence-electron chi connectivity index (χ0n) is 40.9. The highest BCUT2D eigenvalue weighted by Gasteiger charge is 2.31. The van der Waals surface area contributed by atoms with E-state index >= 15 is 0 Å². The molecule has 0 amide bonds. The van der Waals surface area contributed by atoms with Gasteiger partial charge in [-0.1, -0.05) is 237 Å². The van der Waals surface area contributed by atoms with E-state index < -0.39 is 0 Å². The SMILES string of the molecule is CC(C)CCCC(C)CCc1ccc(-c2cc3c4c(c(-c5ccc(CCC(C)CCCC(C)C)cc5)cc5c4c2N=C(c2cccc4ccccc24)S5)N=C(c2cccc4ccccc24)S3)cc1. The van der Waals surface area contributed by atoms with Crippen molar-refractivity contribution in [2.45, 2.75) is 116 Å². The Labute approximate surface area is 414 Å². The van der Waals surface area contributed by atoms with Crippen LogP contribution in [0.3, 0.4) is 0 Å². The lowest BCUT2D eigenvalue weighted by atomic mass is 9.91. The van der Waals surface area contributed by atoms with E-state index in [2.05, 4.69) is 187 Å². The molecule has 0 saturated heterocycles. The van der Waals surface area contributed by atoms with Crippen molar-refractivity contribution >= 4 is 77.3 Å². The molecule has 8 aromatic rings. The summed E-state index contributed by atoms with van der Waals surface area (Å²) in [5, 5.41) is 9.40. The molecule has 8 aromatic carbocycles. The first kappa shape index (κ1) is 46.3. The Morgan fingerprint density at radius 1 is 0.397 bits per heavy atom. The van der Waals surface area contributed by atoms with Gasteiger partial charge in [0.25, 0.3) is 0 Å². The molecule has 0 fully saturated rings. The Hall–Kier alpha value is -5.42. The molecule has 0 aliphatic carbocycles. The van der Waals surface area contributed by atoms with E-state index in [1.807, 2.05) is 23.5 Å². The number of nitrogens with zero attached hydrogens (tertiary/aromatic N) is 2. The van der Waals surface area contributed by atoms with E-state index in [1.165, 1.54) is 138 Å². The maximum absolute atomic E-state index is 5.74. The number of thioether (sulfide) groups is 2. The number of aryl methyl sites for hydroxylation is 2. The Balaban J connectivity index is 1.10. The van der Waals surface area contributed by atoms with Crippen LogP contribution in [0, 0.1) is 23.7 Å². The van der Waals surface area contributed by atoms with E-state index in [4.69, 9.17) is 9.98 Å². The highest BCUT2D eigenvalue weighted by Crippen LogP contribution is 2.57. The van der Waals surface area contributed by atoms with Crippen molar-refractivity contribution in [2.24, 2.45) is 33.7 Å². The molecular weight excluding hydrogens is 861 g/mol. The number of hydrogen-bond donors (Lipinski definition) is 0. The van der Waals surface area contributed by atoms with Crippen LogP contribution in [0.1, 0.15) is 115 Å². The van der Waals surface area contributed by atoms with Crippen LogP contribution in [-0.2, 0) is 12.8 Å². The standard InChI is InChI=1S/C64H66N2S2/c1-41(2)15-11-17-43(5)27-29-45-31-35-49(36-32-45)55-39-57-60-59-58(68-63(65-61(55)59)53-25-13-21-47-19-7-9-23-51(47)53)40-56(50-37-33-46(34-38-50)30-28-44(6)18-12-16-42(3)4)62(60)66-64(67-57)54-26-14-22-48-20-8-10-24-52(48)54/h7-10,13-14,19-26,31-44H,11-12,15-18,27-30H2,1-6H3. The Morgan fingerprint density at radius 2 is 0.794 bits per heavy atom. The summed E-state index contributed by atoms with van der Waals surface area (Å²) >= 11 is 3.63. The quantitative estimate of drug-likeness (QED) is 0.0856. The fourth-order valence-corrected chi connectivity index (χ4v) is 12.7. The van der Waals surface area contributed by atoms with Gasteiger partial charge in [-0.3, -0.25) is 0 Å². The van der Waals surface area contributed by atoms with Crippen molar-refractivity contribution in [1.29, 1.82) is 0 Å². The van der Waals surface area contributed by atoms with Crippen molar-refractivity contribution in [3.8, 4) is 22.3 Å². The zero-order valence-corrected chi connectivity index (χ0v) is 42.6. The fraction of sp³-hybridized carbons (Fsp3) is 0.312. The van der Waals surface area contributed by atoms with Crippen molar-refractivity contribution < 1.29 is 0 Å². The second-order valence-corrected chi connectivity index (χ2v) is 22.8. The molecule has 0 N–H and O–H groups in total. The topological polar surface area (TPSA) is 24.7 Å². The number of benzene rings is 8. The summed E-state index contributed by atoms with van der Waals surface area (Å²) in [6, 6.07) is 54.5. The maximum Gasteiger partial charge on any atom is 0.109 e. The molecule has 4 heteroatoms. The third-order valence-corrected chi connectivity index (χ3v) is 16.6. The monoisotopic (exact) mass is 926 g/mol. The van der Waals surface area contributed by atoms with Crippen molar-refractivity contribution in [2.75, 3.05) is 0 Å². The van der Waals surface area contributed by atoms with Gasteiger partial charge in [0.1, 0.15) is 10.1 Å². The minimum atomic E-state index is 0.731. The molecule has 0 radical (unpaired) electrons. The van der Waals surface area contributed by atoms with Gasteiger partial charge in [0.05, 0.1) is 11.4 Å². The van der Waals surface area contributed by atoms with E-state index in [1.54, 1.807) is 0 Å². The van der Waals surface area contributed by atoms with Crippen LogP contribution in [0.25, 0.3) is 54.6 Å². The summed E-state index contributed by atoms with van der Waals surface area (Å²) in [6.45, 7) is 14.2. The molecule has 344 valence electrons. The van der Waals surface area contributed by atoms with Gasteiger partial charge in [0.2, 0.25) is 0 Å². The first-order valence-corrected chi connectivity index (χ1v) is 27.2. The van der Waals surface area contributed by atoms with Gasteiger partial charge in [0.15, 0.2) is 0 Å². The molecule has 2 nitrogen and oxygen atoms in total. The summed E-state index contributed by atoms with van der Waals surface area (Å²) in [6.07, 6.45) is 12.6. The zero-order chi connectivity index (χ0) is 46.7. The summed E-state index contributed by atoms with van der Waals surface area (Å²) in [7, 11) is 0. The van der Waals surface area contributed by atoms with E-state index in [0.29, 0.717) is 0 Å². The van der Waals surface area contributed by atoms with Gasteiger partial charge >= 0.3 is 0 Å². The second kappa shape index (κ2) is 20.7. The lowest BCUT2D eigenvalue weighted by Crippen LogP contribution is -2.06. The molecule has 68 heavy (non-hydrogen) atoms. The molecule has 10 rings (SSSR count). The number of rotatable bonds is 18. The Morgan fingerprint density at radius 3 is 1.21 bits per heavy atom. The molecule has 0 spiro atoms. The predicted molar refractivity (Wildman–Crippen MR) is 299 cm³/mol. The molecule has 0 aromatic heterocycles. The summed E-state index contributed by atoms with van der Waals surface area (Å²) in [5.41, 5.74) is 12.0. The highest BCUT2D eigenvalue weighted by molar-refractivity contribution is 8.15. The van der Waals surface area contributed by atoms with Crippen LogP contribution < -0.4 is 0 Å². The molecule has 0 saturated carbocycles. The first-order valence-electron chi connectivity index (χ1n) is 25.5. The minimum Gasteiger partial charge on any atom is -0.240 e. The lowest BCUT2D eigenvalue weighted by molar-refractivity contribution is 0.437. The second-order valence-electron chi connectivity index (χ2n) is 20.7. The van der Waals surface area contributed by atoms with Gasteiger partial charge in [0, 0.05) is 42.8 Å². The van der Waals surface area contributed by atoms with Gasteiger partial charge in [-0.25, -0.2) is 9.98 Å². The largest absolute Gasteiger partial charge is 0.240 e. The Bertz CT molecular complexity index is 2930. The van der Waals surface area contributed by atoms with Crippen LogP contribution >= 0.6 is 23.5 Å². The number of aliphatic imine (C=N–C) groups is 2. The summed E-state index contributed by atoms with van der Waals surface area (Å²) < 4.78 is 0.